The maximum Gasteiger partial charge on any atom is 0.122 e. The minimum atomic E-state index is 0.824. The highest BCUT2D eigenvalue weighted by molar-refractivity contribution is 5.96. The van der Waals surface area contributed by atoms with Gasteiger partial charge in [0.15, 0.2) is 0 Å². The highest BCUT2D eigenvalue weighted by Crippen LogP contribution is 2.36. The third-order valence-corrected chi connectivity index (χ3v) is 4.60. The van der Waals surface area contributed by atoms with Gasteiger partial charge in [0.25, 0.3) is 0 Å². The van der Waals surface area contributed by atoms with E-state index in [9.17, 15) is 0 Å². The number of benzene rings is 1. The van der Waals surface area contributed by atoms with Crippen LogP contribution in [-0.4, -0.2) is 22.1 Å². The second kappa shape index (κ2) is 7.08. The molecule has 132 valence electrons. The van der Waals surface area contributed by atoms with Crippen molar-refractivity contribution in [2.24, 2.45) is 0 Å². The number of methoxy groups -OCH3 is 1. The molecule has 0 aliphatic carbocycles. The van der Waals surface area contributed by atoms with E-state index in [0.717, 1.165) is 56.0 Å². The van der Waals surface area contributed by atoms with Crippen LogP contribution in [0.15, 0.2) is 43.3 Å². The molecule has 0 saturated carbocycles. The van der Waals surface area contributed by atoms with E-state index >= 15 is 0 Å². The molecule has 2 aromatic heterocycles. The van der Waals surface area contributed by atoms with Crippen molar-refractivity contribution in [3.63, 3.8) is 0 Å². The SMILES string of the molecule is C=C(/C=C\C)c1cc2c(C)ncnc2c(-c2c(C)ccc(OC)c2C)n1. The number of rotatable bonds is 4. The van der Waals surface area contributed by atoms with Gasteiger partial charge in [-0.15, -0.1) is 0 Å². The number of pyridine rings is 1. The molecule has 1 aromatic carbocycles. The molecule has 0 amide bonds. The summed E-state index contributed by atoms with van der Waals surface area (Å²) in [6.45, 7) is 12.2. The Hall–Kier alpha value is -3.01. The van der Waals surface area contributed by atoms with Crippen LogP contribution in [0.4, 0.5) is 0 Å². The van der Waals surface area contributed by atoms with E-state index in [0.29, 0.717) is 0 Å². The molecule has 0 N–H and O–H groups in total. The van der Waals surface area contributed by atoms with E-state index < -0.39 is 0 Å². The quantitative estimate of drug-likeness (QED) is 0.609. The molecule has 3 aromatic rings. The number of hydrogen-bond donors (Lipinski definition) is 0. The van der Waals surface area contributed by atoms with Crippen LogP contribution in [0, 0.1) is 20.8 Å². The zero-order valence-electron chi connectivity index (χ0n) is 15.9. The summed E-state index contributed by atoms with van der Waals surface area (Å²) in [7, 11) is 1.68. The standard InChI is InChI=1S/C22H23N3O/c1-7-8-13(2)18-11-17-16(5)23-12-24-21(17)22(25-18)20-14(3)9-10-19(26-6)15(20)4/h7-12H,2H2,1,3-6H3/b8-7-. The summed E-state index contributed by atoms with van der Waals surface area (Å²) in [5.74, 6) is 0.837. The Kier molecular flexibility index (Phi) is 4.85. The zero-order valence-corrected chi connectivity index (χ0v) is 15.9. The van der Waals surface area contributed by atoms with Crippen molar-refractivity contribution >= 4 is 16.5 Å². The number of ether oxygens (including phenoxy) is 1. The summed E-state index contributed by atoms with van der Waals surface area (Å²) in [5.41, 5.74) is 7.50. The van der Waals surface area contributed by atoms with Crippen molar-refractivity contribution < 1.29 is 4.74 Å². The van der Waals surface area contributed by atoms with Gasteiger partial charge in [0, 0.05) is 22.2 Å². The van der Waals surface area contributed by atoms with Crippen molar-refractivity contribution in [2.75, 3.05) is 7.11 Å². The second-order valence-corrected chi connectivity index (χ2v) is 6.32. The fourth-order valence-corrected chi connectivity index (χ4v) is 3.23. The van der Waals surface area contributed by atoms with Gasteiger partial charge in [0.2, 0.25) is 0 Å². The molecule has 0 bridgehead atoms. The molecule has 0 radical (unpaired) electrons. The summed E-state index contributed by atoms with van der Waals surface area (Å²) in [6.07, 6.45) is 5.51. The topological polar surface area (TPSA) is 47.9 Å². The number of aromatic nitrogens is 3. The first-order valence-corrected chi connectivity index (χ1v) is 8.56. The number of allylic oxidation sites excluding steroid dienone is 3. The fraction of sp³-hybridized carbons (Fsp3) is 0.227. The van der Waals surface area contributed by atoms with Gasteiger partial charge < -0.3 is 4.74 Å². The monoisotopic (exact) mass is 345 g/mol. The third-order valence-electron chi connectivity index (χ3n) is 4.60. The molecule has 26 heavy (non-hydrogen) atoms. The highest BCUT2D eigenvalue weighted by Gasteiger charge is 2.18. The maximum atomic E-state index is 5.52. The number of nitrogens with zero attached hydrogens (tertiary/aromatic N) is 3. The molecule has 0 saturated heterocycles. The summed E-state index contributed by atoms with van der Waals surface area (Å²) in [4.78, 5) is 13.8. The lowest BCUT2D eigenvalue weighted by atomic mass is 9.96. The van der Waals surface area contributed by atoms with Gasteiger partial charge in [0.1, 0.15) is 17.6 Å². The summed E-state index contributed by atoms with van der Waals surface area (Å²) < 4.78 is 5.52. The van der Waals surface area contributed by atoms with Gasteiger partial charge in [0.05, 0.1) is 18.5 Å². The van der Waals surface area contributed by atoms with Gasteiger partial charge in [-0.05, 0) is 51.0 Å². The molecule has 4 heteroatoms. The highest BCUT2D eigenvalue weighted by atomic mass is 16.5. The molecule has 0 fully saturated rings. The lowest BCUT2D eigenvalue weighted by molar-refractivity contribution is 0.412. The predicted octanol–water partition coefficient (Wildman–Crippen LogP) is 5.21. The van der Waals surface area contributed by atoms with Gasteiger partial charge in [-0.25, -0.2) is 15.0 Å². The van der Waals surface area contributed by atoms with Gasteiger partial charge in [-0.2, -0.15) is 0 Å². The van der Waals surface area contributed by atoms with Crippen LogP contribution in [0.5, 0.6) is 5.75 Å². The van der Waals surface area contributed by atoms with Crippen molar-refractivity contribution in [2.45, 2.75) is 27.7 Å². The average molecular weight is 345 g/mol. The van der Waals surface area contributed by atoms with Crippen molar-refractivity contribution in [3.05, 3.63) is 65.8 Å². The molecule has 0 atom stereocenters. The molecule has 0 aliphatic rings. The molecular weight excluding hydrogens is 322 g/mol. The lowest BCUT2D eigenvalue weighted by Gasteiger charge is -2.16. The lowest BCUT2D eigenvalue weighted by Crippen LogP contribution is -2.01. The number of fused-ring (bicyclic) bond motifs is 1. The van der Waals surface area contributed by atoms with Crippen LogP contribution in [0.3, 0.4) is 0 Å². The van der Waals surface area contributed by atoms with Gasteiger partial charge in [-0.1, -0.05) is 24.8 Å². The molecule has 4 nitrogen and oxygen atoms in total. The van der Waals surface area contributed by atoms with Crippen LogP contribution in [0.2, 0.25) is 0 Å². The summed E-state index contributed by atoms with van der Waals surface area (Å²) in [6, 6.07) is 6.05. The Balaban J connectivity index is 2.43. The molecule has 3 rings (SSSR count). The normalized spacial score (nSPS) is 11.3. The first-order chi connectivity index (χ1) is 12.5. The van der Waals surface area contributed by atoms with Crippen molar-refractivity contribution in [3.8, 4) is 17.0 Å². The Morgan fingerprint density at radius 3 is 2.62 bits per heavy atom. The Bertz CT molecular complexity index is 1040. The molecule has 0 unspecified atom stereocenters. The van der Waals surface area contributed by atoms with Gasteiger partial charge in [-0.3, -0.25) is 0 Å². The van der Waals surface area contributed by atoms with Crippen molar-refractivity contribution in [1.29, 1.82) is 0 Å². The smallest absolute Gasteiger partial charge is 0.122 e. The summed E-state index contributed by atoms with van der Waals surface area (Å²) >= 11 is 0. The van der Waals surface area contributed by atoms with E-state index in [1.54, 1.807) is 13.4 Å². The zero-order chi connectivity index (χ0) is 18.8. The van der Waals surface area contributed by atoms with Crippen LogP contribution in [0.25, 0.3) is 27.7 Å². The second-order valence-electron chi connectivity index (χ2n) is 6.32. The molecule has 0 spiro atoms. The van der Waals surface area contributed by atoms with Crippen LogP contribution in [0.1, 0.15) is 29.4 Å². The predicted molar refractivity (Wildman–Crippen MR) is 107 cm³/mol. The fourth-order valence-electron chi connectivity index (χ4n) is 3.23. The van der Waals surface area contributed by atoms with E-state index in [1.807, 2.05) is 38.1 Å². The largest absolute Gasteiger partial charge is 0.496 e. The van der Waals surface area contributed by atoms with E-state index in [-0.39, 0.29) is 0 Å². The van der Waals surface area contributed by atoms with E-state index in [2.05, 4.69) is 36.5 Å². The number of hydrogen-bond acceptors (Lipinski definition) is 4. The average Bonchev–Trinajstić information content (AvgIpc) is 2.62. The molecular formula is C22H23N3O. The minimum absolute atomic E-state index is 0.824. The maximum absolute atomic E-state index is 5.52. The Morgan fingerprint density at radius 2 is 1.92 bits per heavy atom. The minimum Gasteiger partial charge on any atom is -0.496 e. The van der Waals surface area contributed by atoms with E-state index in [4.69, 9.17) is 9.72 Å². The Labute approximate surface area is 154 Å². The first kappa shape index (κ1) is 17.8. The van der Waals surface area contributed by atoms with Crippen molar-refractivity contribution in [1.82, 2.24) is 15.0 Å². The van der Waals surface area contributed by atoms with Gasteiger partial charge >= 0.3 is 0 Å². The van der Waals surface area contributed by atoms with Crippen LogP contribution in [-0.2, 0) is 0 Å². The van der Waals surface area contributed by atoms with Crippen LogP contribution >= 0.6 is 0 Å². The Morgan fingerprint density at radius 1 is 1.15 bits per heavy atom. The van der Waals surface area contributed by atoms with Crippen LogP contribution < -0.4 is 4.74 Å². The van der Waals surface area contributed by atoms with E-state index in [1.165, 1.54) is 0 Å². The summed E-state index contributed by atoms with van der Waals surface area (Å²) in [5, 5.41) is 0.986. The number of aryl methyl sites for hydroxylation is 2. The molecule has 0 aliphatic heterocycles. The molecule has 2 heterocycles. The third kappa shape index (κ3) is 2.99. The first-order valence-electron chi connectivity index (χ1n) is 8.56.